The highest BCUT2D eigenvalue weighted by molar-refractivity contribution is 7.13. The van der Waals surface area contributed by atoms with E-state index in [4.69, 9.17) is 0 Å². The van der Waals surface area contributed by atoms with Gasteiger partial charge < -0.3 is 10.2 Å². The van der Waals surface area contributed by atoms with Crippen LogP contribution in [-0.4, -0.2) is 30.5 Å². The number of aryl methyl sites for hydroxylation is 1. The average Bonchev–Trinajstić information content (AvgIpc) is 3.08. The first-order valence-corrected chi connectivity index (χ1v) is 8.60. The van der Waals surface area contributed by atoms with Crippen molar-refractivity contribution in [1.29, 1.82) is 0 Å². The Hall–Kier alpha value is -1.88. The summed E-state index contributed by atoms with van der Waals surface area (Å²) < 4.78 is 0. The number of benzene rings is 1. The minimum Gasteiger partial charge on any atom is -0.352 e. The zero-order chi connectivity index (χ0) is 15.4. The zero-order valence-corrected chi connectivity index (χ0v) is 13.6. The molecule has 3 rings (SSSR count). The summed E-state index contributed by atoms with van der Waals surface area (Å²) in [4.78, 5) is 19.0. The van der Waals surface area contributed by atoms with Crippen molar-refractivity contribution >= 4 is 22.4 Å². The van der Waals surface area contributed by atoms with E-state index in [1.165, 1.54) is 0 Å². The standard InChI is InChI=1S/C17H21N3OS/c1-13-5-2-3-7-15(13)16(21)19-11-14-6-4-9-20(12-14)17-18-8-10-22-17/h2-3,5,7-8,10,14H,4,6,9,11-12H2,1H3,(H,19,21). The van der Waals surface area contributed by atoms with Gasteiger partial charge in [-0.05, 0) is 37.3 Å². The van der Waals surface area contributed by atoms with Crippen molar-refractivity contribution in [1.82, 2.24) is 10.3 Å². The number of carbonyl (C=O) groups is 1. The summed E-state index contributed by atoms with van der Waals surface area (Å²) in [7, 11) is 0. The molecule has 1 aromatic carbocycles. The lowest BCUT2D eigenvalue weighted by Crippen LogP contribution is -2.41. The van der Waals surface area contributed by atoms with Gasteiger partial charge in [0.1, 0.15) is 0 Å². The molecule has 5 heteroatoms. The second kappa shape index (κ2) is 6.92. The third-order valence-corrected chi connectivity index (χ3v) is 4.98. The van der Waals surface area contributed by atoms with Gasteiger partial charge in [-0.25, -0.2) is 4.98 Å². The van der Waals surface area contributed by atoms with E-state index < -0.39 is 0 Å². The minimum absolute atomic E-state index is 0.0319. The smallest absolute Gasteiger partial charge is 0.251 e. The summed E-state index contributed by atoms with van der Waals surface area (Å²) in [6.07, 6.45) is 4.17. The van der Waals surface area contributed by atoms with Gasteiger partial charge >= 0.3 is 0 Å². The monoisotopic (exact) mass is 315 g/mol. The van der Waals surface area contributed by atoms with Gasteiger partial charge in [0.15, 0.2) is 5.13 Å². The number of hydrogen-bond donors (Lipinski definition) is 1. The van der Waals surface area contributed by atoms with Crippen molar-refractivity contribution < 1.29 is 4.79 Å². The van der Waals surface area contributed by atoms with Crippen molar-refractivity contribution in [3.8, 4) is 0 Å². The largest absolute Gasteiger partial charge is 0.352 e. The number of rotatable bonds is 4. The fourth-order valence-corrected chi connectivity index (χ4v) is 3.62. The Morgan fingerprint density at radius 2 is 2.32 bits per heavy atom. The number of nitrogens with one attached hydrogen (secondary N) is 1. The molecule has 2 heterocycles. The topological polar surface area (TPSA) is 45.2 Å². The van der Waals surface area contributed by atoms with Crippen molar-refractivity contribution in [2.45, 2.75) is 19.8 Å². The molecule has 0 radical (unpaired) electrons. The summed E-state index contributed by atoms with van der Waals surface area (Å²) in [5, 5.41) is 6.20. The Balaban J connectivity index is 1.55. The molecule has 1 atom stereocenters. The summed E-state index contributed by atoms with van der Waals surface area (Å²) >= 11 is 1.68. The SMILES string of the molecule is Cc1ccccc1C(=O)NCC1CCCN(c2nccs2)C1. The number of piperidine rings is 1. The fourth-order valence-electron chi connectivity index (χ4n) is 2.94. The first-order chi connectivity index (χ1) is 10.7. The molecule has 0 aliphatic carbocycles. The van der Waals surface area contributed by atoms with Crippen molar-refractivity contribution in [2.75, 3.05) is 24.5 Å². The molecule has 1 amide bonds. The van der Waals surface area contributed by atoms with Gasteiger partial charge in [-0.2, -0.15) is 0 Å². The van der Waals surface area contributed by atoms with Crippen LogP contribution in [0.2, 0.25) is 0 Å². The second-order valence-electron chi connectivity index (χ2n) is 5.79. The third kappa shape index (κ3) is 3.47. The highest BCUT2D eigenvalue weighted by Crippen LogP contribution is 2.24. The molecule has 1 aliphatic rings. The predicted octanol–water partition coefficient (Wildman–Crippen LogP) is 3.10. The number of aromatic nitrogens is 1. The average molecular weight is 315 g/mol. The van der Waals surface area contributed by atoms with Crippen LogP contribution < -0.4 is 10.2 Å². The molecule has 116 valence electrons. The van der Waals surface area contributed by atoms with Gasteiger partial charge in [0.25, 0.3) is 5.91 Å². The van der Waals surface area contributed by atoms with Crippen molar-refractivity contribution in [3.05, 3.63) is 47.0 Å². The zero-order valence-electron chi connectivity index (χ0n) is 12.8. The second-order valence-corrected chi connectivity index (χ2v) is 6.67. The van der Waals surface area contributed by atoms with Crippen molar-refractivity contribution in [2.24, 2.45) is 5.92 Å². The Kier molecular flexibility index (Phi) is 4.73. The molecule has 0 spiro atoms. The first-order valence-electron chi connectivity index (χ1n) is 7.72. The van der Waals surface area contributed by atoms with Gasteiger partial charge in [-0.3, -0.25) is 4.79 Å². The van der Waals surface area contributed by atoms with E-state index in [0.29, 0.717) is 5.92 Å². The molecule has 1 N–H and O–H groups in total. The normalized spacial score (nSPS) is 18.2. The lowest BCUT2D eigenvalue weighted by Gasteiger charge is -2.32. The lowest BCUT2D eigenvalue weighted by atomic mass is 9.98. The van der Waals surface area contributed by atoms with Crippen LogP contribution in [0.25, 0.3) is 0 Å². The summed E-state index contributed by atoms with van der Waals surface area (Å²) in [6, 6.07) is 7.72. The number of thiazole rings is 1. The number of hydrogen-bond acceptors (Lipinski definition) is 4. The maximum atomic E-state index is 12.3. The maximum absolute atomic E-state index is 12.3. The molecule has 22 heavy (non-hydrogen) atoms. The molecule has 0 bridgehead atoms. The van der Waals surface area contributed by atoms with Crippen LogP contribution >= 0.6 is 11.3 Å². The first kappa shape index (κ1) is 15.0. The Morgan fingerprint density at radius 1 is 1.45 bits per heavy atom. The number of carbonyl (C=O) groups excluding carboxylic acids is 1. The van der Waals surface area contributed by atoms with Crippen LogP contribution in [0.3, 0.4) is 0 Å². The van der Waals surface area contributed by atoms with Gasteiger partial charge in [0.05, 0.1) is 0 Å². The maximum Gasteiger partial charge on any atom is 0.251 e. The molecule has 1 aliphatic heterocycles. The molecule has 1 fully saturated rings. The fraction of sp³-hybridized carbons (Fsp3) is 0.412. The van der Waals surface area contributed by atoms with E-state index >= 15 is 0 Å². The molecular weight excluding hydrogens is 294 g/mol. The van der Waals surface area contributed by atoms with E-state index in [-0.39, 0.29) is 5.91 Å². The van der Waals surface area contributed by atoms with Crippen molar-refractivity contribution in [3.63, 3.8) is 0 Å². The van der Waals surface area contributed by atoms with E-state index in [1.54, 1.807) is 11.3 Å². The van der Waals surface area contributed by atoms with Crippen LogP contribution in [0, 0.1) is 12.8 Å². The molecule has 2 aromatic rings. The minimum atomic E-state index is 0.0319. The van der Waals surface area contributed by atoms with Gasteiger partial charge in [0.2, 0.25) is 0 Å². The van der Waals surface area contributed by atoms with Crippen LogP contribution in [0.1, 0.15) is 28.8 Å². The highest BCUT2D eigenvalue weighted by Gasteiger charge is 2.22. The van der Waals surface area contributed by atoms with Crippen LogP contribution in [0.15, 0.2) is 35.8 Å². The Morgan fingerprint density at radius 3 is 3.09 bits per heavy atom. The molecule has 1 unspecified atom stereocenters. The van der Waals surface area contributed by atoms with Crippen LogP contribution in [-0.2, 0) is 0 Å². The van der Waals surface area contributed by atoms with Crippen LogP contribution in [0.5, 0.6) is 0 Å². The quantitative estimate of drug-likeness (QED) is 0.943. The summed E-state index contributed by atoms with van der Waals surface area (Å²) in [5.41, 5.74) is 1.79. The lowest BCUT2D eigenvalue weighted by molar-refractivity contribution is 0.0945. The number of anilines is 1. The van der Waals surface area contributed by atoms with E-state index in [2.05, 4.69) is 15.2 Å². The van der Waals surface area contributed by atoms with Gasteiger partial charge in [0, 0.05) is 36.8 Å². The third-order valence-electron chi connectivity index (χ3n) is 4.15. The number of nitrogens with zero attached hydrogens (tertiary/aromatic N) is 2. The van der Waals surface area contributed by atoms with E-state index in [9.17, 15) is 4.79 Å². The van der Waals surface area contributed by atoms with E-state index in [0.717, 1.165) is 48.7 Å². The Bertz CT molecular complexity index is 627. The van der Waals surface area contributed by atoms with Crippen LogP contribution in [0.4, 0.5) is 5.13 Å². The molecule has 4 nitrogen and oxygen atoms in total. The molecule has 1 saturated heterocycles. The van der Waals surface area contributed by atoms with Gasteiger partial charge in [-0.1, -0.05) is 18.2 Å². The summed E-state index contributed by atoms with van der Waals surface area (Å²) in [6.45, 7) is 4.74. The van der Waals surface area contributed by atoms with E-state index in [1.807, 2.05) is 42.8 Å². The molecule has 0 saturated carbocycles. The highest BCUT2D eigenvalue weighted by atomic mass is 32.1. The molecule has 1 aromatic heterocycles. The predicted molar refractivity (Wildman–Crippen MR) is 90.6 cm³/mol. The molecular formula is C17H21N3OS. The van der Waals surface area contributed by atoms with Gasteiger partial charge in [-0.15, -0.1) is 11.3 Å². The Labute approximate surface area is 135 Å². The number of amides is 1. The summed E-state index contributed by atoms with van der Waals surface area (Å²) in [5.74, 6) is 0.523.